The van der Waals surface area contributed by atoms with Gasteiger partial charge in [0, 0.05) is 0 Å². The molecule has 0 aromatic heterocycles. The third-order valence-corrected chi connectivity index (χ3v) is 4.16. The number of para-hydroxylation sites is 1. The number of hydrogen-bond acceptors (Lipinski definition) is 1. The second-order valence-electron chi connectivity index (χ2n) is 6.24. The van der Waals surface area contributed by atoms with Crippen LogP contribution in [0.5, 0.6) is 5.75 Å². The van der Waals surface area contributed by atoms with Crippen LogP contribution in [-0.2, 0) is 6.42 Å². The van der Waals surface area contributed by atoms with Gasteiger partial charge in [-0.2, -0.15) is 0 Å². The molecule has 1 heteroatoms. The molecule has 1 aliphatic carbocycles. The first-order valence-electron chi connectivity index (χ1n) is 6.81. The number of ether oxygens (including phenoxy) is 1. The Hall–Kier alpha value is -1.24. The minimum Gasteiger partial charge on any atom is -0.496 e. The summed E-state index contributed by atoms with van der Waals surface area (Å²) in [4.78, 5) is 0. The molecule has 0 heterocycles. The highest BCUT2D eigenvalue weighted by Crippen LogP contribution is 2.42. The molecular formula is C17H24O. The van der Waals surface area contributed by atoms with Crippen LogP contribution in [0.2, 0.25) is 0 Å². The summed E-state index contributed by atoms with van der Waals surface area (Å²) in [5, 5.41) is 0. The molecule has 0 radical (unpaired) electrons. The van der Waals surface area contributed by atoms with Gasteiger partial charge in [-0.05, 0) is 48.6 Å². The van der Waals surface area contributed by atoms with Crippen molar-refractivity contribution < 1.29 is 4.74 Å². The van der Waals surface area contributed by atoms with Crippen molar-refractivity contribution in [3.8, 4) is 5.75 Å². The molecule has 0 amide bonds. The van der Waals surface area contributed by atoms with Crippen LogP contribution in [0, 0.1) is 11.3 Å². The van der Waals surface area contributed by atoms with Gasteiger partial charge in [-0.25, -0.2) is 0 Å². The molecule has 1 nitrogen and oxygen atoms in total. The molecular weight excluding hydrogens is 220 g/mol. The molecule has 18 heavy (non-hydrogen) atoms. The first kappa shape index (κ1) is 13.2. The van der Waals surface area contributed by atoms with Gasteiger partial charge in [0.1, 0.15) is 5.75 Å². The lowest BCUT2D eigenvalue weighted by Crippen LogP contribution is -2.25. The Morgan fingerprint density at radius 2 is 2.06 bits per heavy atom. The third-order valence-electron chi connectivity index (χ3n) is 4.16. The highest BCUT2D eigenvalue weighted by Gasteiger charge is 2.30. The van der Waals surface area contributed by atoms with Crippen LogP contribution in [-0.4, -0.2) is 7.11 Å². The number of hydrogen-bond donors (Lipinski definition) is 0. The fraction of sp³-hybridized carbons (Fsp3) is 0.529. The van der Waals surface area contributed by atoms with Gasteiger partial charge < -0.3 is 4.74 Å². The first-order valence-corrected chi connectivity index (χ1v) is 6.81. The molecule has 1 unspecified atom stereocenters. The number of methoxy groups -OCH3 is 1. The summed E-state index contributed by atoms with van der Waals surface area (Å²) in [5.41, 5.74) is 3.18. The van der Waals surface area contributed by atoms with E-state index >= 15 is 0 Å². The van der Waals surface area contributed by atoms with Gasteiger partial charge >= 0.3 is 0 Å². The van der Waals surface area contributed by atoms with E-state index in [9.17, 15) is 0 Å². The molecule has 98 valence electrons. The average molecular weight is 244 g/mol. The smallest absolute Gasteiger partial charge is 0.122 e. The molecule has 0 bridgehead atoms. The largest absolute Gasteiger partial charge is 0.496 e. The van der Waals surface area contributed by atoms with Crippen molar-refractivity contribution in [2.75, 3.05) is 7.11 Å². The number of allylic oxidation sites excluding steroid dienone is 1. The Bertz CT molecular complexity index is 431. The van der Waals surface area contributed by atoms with Crippen LogP contribution >= 0.6 is 0 Å². The topological polar surface area (TPSA) is 9.23 Å². The van der Waals surface area contributed by atoms with Gasteiger partial charge in [-0.1, -0.05) is 44.2 Å². The normalized spacial score (nSPS) is 22.8. The summed E-state index contributed by atoms with van der Waals surface area (Å²) in [5.74, 6) is 1.61. The van der Waals surface area contributed by atoms with Gasteiger partial charge in [0.2, 0.25) is 0 Å². The van der Waals surface area contributed by atoms with Gasteiger partial charge in [0.25, 0.3) is 0 Å². The van der Waals surface area contributed by atoms with E-state index in [1.165, 1.54) is 30.4 Å². The Balaban J connectivity index is 2.14. The molecule has 0 spiro atoms. The number of rotatable bonds is 3. The van der Waals surface area contributed by atoms with Crippen molar-refractivity contribution in [2.45, 2.75) is 39.5 Å². The highest BCUT2D eigenvalue weighted by atomic mass is 16.5. The van der Waals surface area contributed by atoms with Gasteiger partial charge in [-0.3, -0.25) is 0 Å². The van der Waals surface area contributed by atoms with E-state index in [1.54, 1.807) is 7.11 Å². The van der Waals surface area contributed by atoms with E-state index in [1.807, 2.05) is 12.1 Å². The summed E-state index contributed by atoms with van der Waals surface area (Å²) in [7, 11) is 1.75. The fourth-order valence-electron chi connectivity index (χ4n) is 2.97. The second-order valence-corrected chi connectivity index (χ2v) is 6.24. The van der Waals surface area contributed by atoms with Crippen LogP contribution in [0.15, 0.2) is 36.4 Å². The Kier molecular flexibility index (Phi) is 3.79. The Labute approximate surface area is 111 Å². The van der Waals surface area contributed by atoms with E-state index in [2.05, 4.69) is 32.6 Å². The van der Waals surface area contributed by atoms with E-state index < -0.39 is 0 Å². The molecule has 1 saturated carbocycles. The standard InChI is InChI=1S/C17H24O/c1-13-9-10-17(2,3)12-15(13)11-14-7-5-6-8-16(14)18-4/h5-8,15H,1,9-12H2,2-4H3. The van der Waals surface area contributed by atoms with Crippen molar-refractivity contribution in [1.82, 2.24) is 0 Å². The first-order chi connectivity index (χ1) is 8.52. The molecule has 2 rings (SSSR count). The summed E-state index contributed by atoms with van der Waals surface area (Å²) < 4.78 is 5.44. The predicted molar refractivity (Wildman–Crippen MR) is 77.0 cm³/mol. The maximum atomic E-state index is 5.44. The summed E-state index contributed by atoms with van der Waals surface area (Å²) in [6.07, 6.45) is 4.75. The van der Waals surface area contributed by atoms with E-state index in [0.717, 1.165) is 12.2 Å². The highest BCUT2D eigenvalue weighted by molar-refractivity contribution is 5.34. The predicted octanol–water partition coefficient (Wildman–Crippen LogP) is 4.62. The van der Waals surface area contributed by atoms with Crippen molar-refractivity contribution in [2.24, 2.45) is 11.3 Å². The van der Waals surface area contributed by atoms with Crippen molar-refractivity contribution in [3.63, 3.8) is 0 Å². The minimum absolute atomic E-state index is 0.452. The molecule has 0 N–H and O–H groups in total. The van der Waals surface area contributed by atoms with Crippen LogP contribution in [0.3, 0.4) is 0 Å². The van der Waals surface area contributed by atoms with Crippen molar-refractivity contribution in [1.29, 1.82) is 0 Å². The lowest BCUT2D eigenvalue weighted by molar-refractivity contribution is 0.225. The summed E-state index contributed by atoms with van der Waals surface area (Å²) in [6.45, 7) is 9.01. The van der Waals surface area contributed by atoms with Gasteiger partial charge in [-0.15, -0.1) is 0 Å². The molecule has 0 aliphatic heterocycles. The lowest BCUT2D eigenvalue weighted by Gasteiger charge is -2.37. The zero-order valence-electron chi connectivity index (χ0n) is 11.8. The monoisotopic (exact) mass is 244 g/mol. The van der Waals surface area contributed by atoms with E-state index in [0.29, 0.717) is 11.3 Å². The third kappa shape index (κ3) is 2.95. The van der Waals surface area contributed by atoms with Gasteiger partial charge in [0.15, 0.2) is 0 Å². The SMILES string of the molecule is C=C1CCC(C)(C)CC1Cc1ccccc1OC. The molecule has 1 aromatic carbocycles. The van der Waals surface area contributed by atoms with Crippen molar-refractivity contribution >= 4 is 0 Å². The molecule has 1 aliphatic rings. The van der Waals surface area contributed by atoms with Crippen LogP contribution in [0.1, 0.15) is 38.7 Å². The van der Waals surface area contributed by atoms with Gasteiger partial charge in [0.05, 0.1) is 7.11 Å². The van der Waals surface area contributed by atoms with Crippen LogP contribution in [0.4, 0.5) is 0 Å². The van der Waals surface area contributed by atoms with Crippen LogP contribution < -0.4 is 4.74 Å². The zero-order valence-corrected chi connectivity index (χ0v) is 11.8. The van der Waals surface area contributed by atoms with E-state index in [4.69, 9.17) is 4.74 Å². The quantitative estimate of drug-likeness (QED) is 0.705. The summed E-state index contributed by atoms with van der Waals surface area (Å²) in [6, 6.07) is 8.34. The van der Waals surface area contributed by atoms with Crippen molar-refractivity contribution in [3.05, 3.63) is 42.0 Å². The zero-order chi connectivity index (χ0) is 13.2. The Morgan fingerprint density at radius 3 is 2.78 bits per heavy atom. The number of benzene rings is 1. The maximum absolute atomic E-state index is 5.44. The summed E-state index contributed by atoms with van der Waals surface area (Å²) >= 11 is 0. The fourth-order valence-corrected chi connectivity index (χ4v) is 2.97. The van der Waals surface area contributed by atoms with Crippen LogP contribution in [0.25, 0.3) is 0 Å². The molecule has 0 saturated heterocycles. The molecule has 1 atom stereocenters. The Morgan fingerprint density at radius 1 is 1.33 bits per heavy atom. The maximum Gasteiger partial charge on any atom is 0.122 e. The lowest BCUT2D eigenvalue weighted by atomic mass is 9.68. The molecule has 1 fully saturated rings. The molecule has 1 aromatic rings. The minimum atomic E-state index is 0.452. The second kappa shape index (κ2) is 5.17. The van der Waals surface area contributed by atoms with E-state index in [-0.39, 0.29) is 0 Å². The average Bonchev–Trinajstić information content (AvgIpc) is 2.34.